The molecule has 3 rings (SSSR count). The molecule has 0 fully saturated rings. The Morgan fingerprint density at radius 1 is 1.32 bits per heavy atom. The van der Waals surface area contributed by atoms with Crippen LogP contribution in [-0.4, -0.2) is 31.0 Å². The topological polar surface area (TPSA) is 93.4 Å². The van der Waals surface area contributed by atoms with Crippen LogP contribution in [0.15, 0.2) is 42.5 Å². The Bertz CT molecular complexity index is 862. The van der Waals surface area contributed by atoms with Crippen molar-refractivity contribution in [3.63, 3.8) is 0 Å². The lowest BCUT2D eigenvalue weighted by molar-refractivity contribution is -0.126. The van der Waals surface area contributed by atoms with Crippen molar-refractivity contribution >= 4 is 17.5 Å². The molecule has 0 bridgehead atoms. The van der Waals surface area contributed by atoms with E-state index in [1.807, 2.05) is 0 Å². The summed E-state index contributed by atoms with van der Waals surface area (Å²) >= 11 is 0. The van der Waals surface area contributed by atoms with Crippen LogP contribution < -0.4 is 33.5 Å². The van der Waals surface area contributed by atoms with Crippen molar-refractivity contribution in [3.8, 4) is 5.75 Å². The van der Waals surface area contributed by atoms with Crippen molar-refractivity contribution in [2.75, 3.05) is 12.4 Å². The van der Waals surface area contributed by atoms with E-state index in [1.54, 1.807) is 43.5 Å². The summed E-state index contributed by atoms with van der Waals surface area (Å²) in [5.41, 5.74) is 7.97. The maximum absolute atomic E-state index is 13.7. The standard InChI is InChI=1S/C20H22FN3O3.ClH/c1-27-18-8-4-7-16-14(18)11-17(20(26)24-16)23-19(25)10-13(22)9-12-5-2-3-6-15(12)21;/h2-8,13,17H,9-11,22H2,1H3,(H,23,25)(H,24,26);1H/p-1/t13-,17?;/m1./s1. The summed E-state index contributed by atoms with van der Waals surface area (Å²) in [6.45, 7) is 0. The maximum Gasteiger partial charge on any atom is 0.247 e. The molecule has 8 heteroatoms. The summed E-state index contributed by atoms with van der Waals surface area (Å²) in [6.07, 6.45) is 0.573. The molecule has 0 saturated carbocycles. The van der Waals surface area contributed by atoms with Gasteiger partial charge in [0.25, 0.3) is 0 Å². The minimum absolute atomic E-state index is 0. The lowest BCUT2D eigenvalue weighted by Crippen LogP contribution is -3.00. The van der Waals surface area contributed by atoms with Gasteiger partial charge in [-0.3, -0.25) is 9.59 Å². The number of hydrogen-bond donors (Lipinski definition) is 3. The molecule has 2 amide bonds. The molecule has 1 aliphatic heterocycles. The second-order valence-electron chi connectivity index (χ2n) is 6.56. The van der Waals surface area contributed by atoms with Gasteiger partial charge >= 0.3 is 0 Å². The number of nitrogens with one attached hydrogen (secondary N) is 2. The Hall–Kier alpha value is -2.64. The normalized spacial score (nSPS) is 16.2. The van der Waals surface area contributed by atoms with Crippen LogP contribution >= 0.6 is 0 Å². The molecule has 2 aromatic rings. The van der Waals surface area contributed by atoms with Gasteiger partial charge < -0.3 is 33.5 Å². The third-order valence-electron chi connectivity index (χ3n) is 4.56. The van der Waals surface area contributed by atoms with Gasteiger partial charge in [0.05, 0.1) is 7.11 Å². The highest BCUT2D eigenvalue weighted by Crippen LogP contribution is 2.30. The molecule has 4 N–H and O–H groups in total. The molecule has 0 saturated heterocycles. The zero-order valence-corrected chi connectivity index (χ0v) is 16.1. The summed E-state index contributed by atoms with van der Waals surface area (Å²) in [5.74, 6) is -0.323. The average molecular weight is 407 g/mol. The highest BCUT2D eigenvalue weighted by molar-refractivity contribution is 6.00. The number of nitrogens with two attached hydrogens (primary N) is 1. The van der Waals surface area contributed by atoms with Crippen molar-refractivity contribution in [3.05, 3.63) is 59.4 Å². The number of hydrogen-bond acceptors (Lipinski definition) is 4. The second kappa shape index (κ2) is 9.52. The lowest BCUT2D eigenvalue weighted by atomic mass is 9.97. The Labute approximate surface area is 169 Å². The molecule has 150 valence electrons. The number of methoxy groups -OCH3 is 1. The number of amides is 2. The third kappa shape index (κ3) is 4.99. The molecule has 0 spiro atoms. The van der Waals surface area contributed by atoms with Crippen LogP contribution in [0.3, 0.4) is 0 Å². The molecule has 0 aromatic heterocycles. The first-order valence-corrected chi connectivity index (χ1v) is 8.73. The Morgan fingerprint density at radius 3 is 2.79 bits per heavy atom. The third-order valence-corrected chi connectivity index (χ3v) is 4.56. The Balaban J connectivity index is 0.00000280. The number of rotatable bonds is 6. The van der Waals surface area contributed by atoms with Crippen LogP contribution in [0, 0.1) is 5.82 Å². The molecular weight excluding hydrogens is 385 g/mol. The summed E-state index contributed by atoms with van der Waals surface area (Å²) < 4.78 is 19.0. The number of fused-ring (bicyclic) bond motifs is 1. The minimum Gasteiger partial charge on any atom is -1.00 e. The molecule has 1 unspecified atom stereocenters. The zero-order valence-electron chi connectivity index (χ0n) is 15.4. The number of anilines is 1. The number of carbonyl (C=O) groups excluding carboxylic acids is 2. The van der Waals surface area contributed by atoms with Gasteiger partial charge in [-0.05, 0) is 30.2 Å². The first-order valence-electron chi connectivity index (χ1n) is 8.73. The van der Waals surface area contributed by atoms with E-state index in [9.17, 15) is 14.0 Å². The minimum atomic E-state index is -0.707. The van der Waals surface area contributed by atoms with E-state index < -0.39 is 12.1 Å². The highest BCUT2D eigenvalue weighted by atomic mass is 35.5. The quantitative estimate of drug-likeness (QED) is 0.560. The van der Waals surface area contributed by atoms with E-state index in [-0.39, 0.29) is 42.9 Å². The smallest absolute Gasteiger partial charge is 0.247 e. The fourth-order valence-corrected chi connectivity index (χ4v) is 3.23. The number of ether oxygens (including phenoxy) is 1. The average Bonchev–Trinajstić information content (AvgIpc) is 2.63. The van der Waals surface area contributed by atoms with Crippen molar-refractivity contribution < 1.29 is 31.1 Å². The van der Waals surface area contributed by atoms with Crippen LogP contribution in [0.5, 0.6) is 5.75 Å². The van der Waals surface area contributed by atoms with Crippen molar-refractivity contribution in [1.82, 2.24) is 5.32 Å². The van der Waals surface area contributed by atoms with Crippen molar-refractivity contribution in [1.29, 1.82) is 0 Å². The first kappa shape index (κ1) is 21.7. The van der Waals surface area contributed by atoms with Crippen molar-refractivity contribution in [2.24, 2.45) is 5.73 Å². The molecule has 6 nitrogen and oxygen atoms in total. The Kier molecular flexibility index (Phi) is 7.37. The fraction of sp³-hybridized carbons (Fsp3) is 0.300. The molecule has 28 heavy (non-hydrogen) atoms. The SMILES string of the molecule is COc1cccc2c1CC(NC(=O)C[C@H](N)Cc1ccccc1F)C(=O)N2.[Cl-]. The van der Waals surface area contributed by atoms with Crippen LogP contribution in [0.1, 0.15) is 17.5 Å². The van der Waals surface area contributed by atoms with Crippen LogP contribution in [-0.2, 0) is 22.4 Å². The summed E-state index contributed by atoms with van der Waals surface area (Å²) in [7, 11) is 1.56. The molecule has 1 heterocycles. The van der Waals surface area contributed by atoms with E-state index in [0.29, 0.717) is 23.4 Å². The van der Waals surface area contributed by atoms with Gasteiger partial charge in [-0.25, -0.2) is 4.39 Å². The monoisotopic (exact) mass is 406 g/mol. The molecular formula is C20H22ClFN3O3-. The van der Waals surface area contributed by atoms with Gasteiger partial charge in [-0.1, -0.05) is 24.3 Å². The van der Waals surface area contributed by atoms with Crippen LogP contribution in [0.2, 0.25) is 0 Å². The molecule has 0 aliphatic carbocycles. The first-order chi connectivity index (χ1) is 13.0. The molecule has 1 aliphatic rings. The molecule has 0 radical (unpaired) electrons. The van der Waals surface area contributed by atoms with Gasteiger partial charge in [-0.15, -0.1) is 0 Å². The van der Waals surface area contributed by atoms with Crippen LogP contribution in [0.25, 0.3) is 0 Å². The van der Waals surface area contributed by atoms with Gasteiger partial charge in [0.1, 0.15) is 17.6 Å². The molecule has 2 atom stereocenters. The van der Waals surface area contributed by atoms with Crippen LogP contribution in [0.4, 0.5) is 10.1 Å². The zero-order chi connectivity index (χ0) is 19.4. The van der Waals surface area contributed by atoms with Gasteiger partial charge in [0.2, 0.25) is 11.8 Å². The Morgan fingerprint density at radius 2 is 2.07 bits per heavy atom. The largest absolute Gasteiger partial charge is 1.00 e. The maximum atomic E-state index is 13.7. The van der Waals surface area contributed by atoms with Gasteiger partial charge in [0, 0.05) is 30.1 Å². The van der Waals surface area contributed by atoms with E-state index in [1.165, 1.54) is 6.07 Å². The summed E-state index contributed by atoms with van der Waals surface area (Å²) in [6, 6.07) is 10.5. The number of halogens is 2. The van der Waals surface area contributed by atoms with Crippen molar-refractivity contribution in [2.45, 2.75) is 31.3 Å². The lowest BCUT2D eigenvalue weighted by Gasteiger charge is -2.27. The van der Waals surface area contributed by atoms with E-state index in [0.717, 1.165) is 5.56 Å². The van der Waals surface area contributed by atoms with Gasteiger partial charge in [0.15, 0.2) is 0 Å². The number of carbonyl (C=O) groups is 2. The molecule has 2 aromatic carbocycles. The summed E-state index contributed by atoms with van der Waals surface area (Å²) in [4.78, 5) is 24.6. The highest BCUT2D eigenvalue weighted by Gasteiger charge is 2.29. The van der Waals surface area contributed by atoms with Gasteiger partial charge in [-0.2, -0.15) is 0 Å². The predicted molar refractivity (Wildman–Crippen MR) is 100.0 cm³/mol. The second-order valence-corrected chi connectivity index (χ2v) is 6.56. The summed E-state index contributed by atoms with van der Waals surface area (Å²) in [5, 5.41) is 5.49. The fourth-order valence-electron chi connectivity index (χ4n) is 3.23. The van der Waals surface area contributed by atoms with E-state index >= 15 is 0 Å². The van der Waals surface area contributed by atoms with E-state index in [4.69, 9.17) is 10.5 Å². The van der Waals surface area contributed by atoms with E-state index in [2.05, 4.69) is 10.6 Å². The predicted octanol–water partition coefficient (Wildman–Crippen LogP) is -1.22. The number of benzene rings is 2.